The third-order valence-electron chi connectivity index (χ3n) is 10.9. The maximum atomic E-state index is 11.5. The van der Waals surface area contributed by atoms with Gasteiger partial charge in [0.15, 0.2) is 0 Å². The third-order valence-corrected chi connectivity index (χ3v) is 10.9. The van der Waals surface area contributed by atoms with Gasteiger partial charge in [-0.05, 0) is 97.2 Å². The minimum Gasteiger partial charge on any atom is -0.462 e. The normalized spacial score (nSPS) is 43.2. The molecule has 0 N–H and O–H groups in total. The number of ether oxygens (including phenoxy) is 1. The van der Waals surface area contributed by atoms with E-state index in [1.54, 1.807) is 12.5 Å². The summed E-state index contributed by atoms with van der Waals surface area (Å²) in [6, 6.07) is 0. The van der Waals surface area contributed by atoms with Crippen molar-refractivity contribution in [2.24, 2.45) is 52.3 Å². The van der Waals surface area contributed by atoms with E-state index in [4.69, 9.17) is 4.74 Å². The molecule has 180 valence electrons. The molecule has 0 radical (unpaired) electrons. The van der Waals surface area contributed by atoms with Crippen LogP contribution in [-0.4, -0.2) is 12.1 Å². The van der Waals surface area contributed by atoms with Gasteiger partial charge >= 0.3 is 5.97 Å². The molecule has 3 unspecified atom stereocenters. The van der Waals surface area contributed by atoms with Gasteiger partial charge in [-0.2, -0.15) is 0 Å². The van der Waals surface area contributed by atoms with Crippen molar-refractivity contribution < 1.29 is 9.53 Å². The molecule has 0 aliphatic heterocycles. The molecule has 0 heterocycles. The standard InChI is InChI=1S/C30H48O2/c1-19(2)20(3)8-9-21(4)26-12-13-27-25-11-10-23-18-24(32-22(5)31)14-16-29(23,6)28(25)15-17-30(26,27)7/h8-10,19-21,24-28H,11-18H2,1-7H3/b9-8+/t20-,21-,24+,25?,26-,27?,28?,29+,30-/m1/s1. The van der Waals surface area contributed by atoms with Crippen molar-refractivity contribution >= 4 is 5.97 Å². The van der Waals surface area contributed by atoms with Crippen LogP contribution in [0.15, 0.2) is 23.8 Å². The van der Waals surface area contributed by atoms with E-state index >= 15 is 0 Å². The molecule has 3 fully saturated rings. The highest BCUT2D eigenvalue weighted by Gasteiger charge is 2.59. The van der Waals surface area contributed by atoms with Crippen LogP contribution in [0.25, 0.3) is 0 Å². The number of fused-ring (bicyclic) bond motifs is 5. The SMILES string of the molecule is CC(=O)O[C@H]1CC[C@@]2(C)C(=CCC3C2CC[C@@]2(C)C3CC[C@@H]2[C@H](C)/C=C/[C@@H](C)C(C)C)C1. The van der Waals surface area contributed by atoms with Gasteiger partial charge in [-0.25, -0.2) is 0 Å². The summed E-state index contributed by atoms with van der Waals surface area (Å²) in [5.74, 6) is 5.35. The largest absolute Gasteiger partial charge is 0.462 e. The Morgan fingerprint density at radius 1 is 1.03 bits per heavy atom. The van der Waals surface area contributed by atoms with Crippen LogP contribution in [0.1, 0.15) is 99.8 Å². The van der Waals surface area contributed by atoms with Crippen molar-refractivity contribution in [1.29, 1.82) is 0 Å². The second kappa shape index (κ2) is 8.95. The molecular formula is C30H48O2. The smallest absolute Gasteiger partial charge is 0.302 e. The van der Waals surface area contributed by atoms with Gasteiger partial charge < -0.3 is 4.74 Å². The lowest BCUT2D eigenvalue weighted by Gasteiger charge is -2.58. The molecule has 0 saturated heterocycles. The van der Waals surface area contributed by atoms with E-state index in [1.807, 2.05) is 0 Å². The molecule has 0 aromatic carbocycles. The van der Waals surface area contributed by atoms with E-state index in [0.717, 1.165) is 42.4 Å². The molecule has 2 heteroatoms. The van der Waals surface area contributed by atoms with E-state index in [9.17, 15) is 4.79 Å². The summed E-state index contributed by atoms with van der Waals surface area (Å²) < 4.78 is 5.62. The second-order valence-electron chi connectivity index (χ2n) is 12.8. The van der Waals surface area contributed by atoms with Gasteiger partial charge in [0.05, 0.1) is 0 Å². The first-order valence-corrected chi connectivity index (χ1v) is 13.6. The Morgan fingerprint density at radius 2 is 1.78 bits per heavy atom. The van der Waals surface area contributed by atoms with Gasteiger partial charge in [0.2, 0.25) is 0 Å². The Bertz CT molecular complexity index is 763. The van der Waals surface area contributed by atoms with Crippen LogP contribution in [-0.2, 0) is 9.53 Å². The Morgan fingerprint density at radius 3 is 2.47 bits per heavy atom. The molecule has 9 atom stereocenters. The average molecular weight is 441 g/mol. The summed E-state index contributed by atoms with van der Waals surface area (Å²) in [5, 5.41) is 0. The van der Waals surface area contributed by atoms with E-state index < -0.39 is 0 Å². The second-order valence-corrected chi connectivity index (χ2v) is 12.8. The third kappa shape index (κ3) is 4.14. The number of hydrogen-bond acceptors (Lipinski definition) is 2. The quantitative estimate of drug-likeness (QED) is 0.320. The molecule has 2 nitrogen and oxygen atoms in total. The lowest BCUT2D eigenvalue weighted by atomic mass is 9.47. The van der Waals surface area contributed by atoms with Crippen LogP contribution in [0.5, 0.6) is 0 Å². The van der Waals surface area contributed by atoms with E-state index in [2.05, 4.69) is 59.8 Å². The lowest BCUT2D eigenvalue weighted by Crippen LogP contribution is -2.51. The first-order valence-electron chi connectivity index (χ1n) is 13.6. The minimum atomic E-state index is -0.121. The maximum absolute atomic E-state index is 11.5. The molecule has 0 aromatic rings. The fourth-order valence-corrected chi connectivity index (χ4v) is 8.57. The van der Waals surface area contributed by atoms with Crippen molar-refractivity contribution in [2.45, 2.75) is 106 Å². The number of esters is 1. The molecule has 0 spiro atoms. The summed E-state index contributed by atoms with van der Waals surface area (Å²) in [5.41, 5.74) is 2.44. The van der Waals surface area contributed by atoms with Crippen LogP contribution >= 0.6 is 0 Å². The summed E-state index contributed by atoms with van der Waals surface area (Å²) in [6.07, 6.45) is 17.8. The minimum absolute atomic E-state index is 0.106. The van der Waals surface area contributed by atoms with Crippen molar-refractivity contribution in [3.05, 3.63) is 23.8 Å². The fraction of sp³-hybridized carbons (Fsp3) is 0.833. The average Bonchev–Trinajstić information content (AvgIpc) is 3.08. The number of carbonyl (C=O) groups excluding carboxylic acids is 1. The van der Waals surface area contributed by atoms with Gasteiger partial charge in [-0.3, -0.25) is 4.79 Å². The van der Waals surface area contributed by atoms with E-state index in [0.29, 0.717) is 22.7 Å². The van der Waals surface area contributed by atoms with Gasteiger partial charge in [0, 0.05) is 13.3 Å². The van der Waals surface area contributed by atoms with Gasteiger partial charge in [0.25, 0.3) is 0 Å². The van der Waals surface area contributed by atoms with Gasteiger partial charge in [-0.15, -0.1) is 0 Å². The number of carbonyl (C=O) groups is 1. The highest BCUT2D eigenvalue weighted by Crippen LogP contribution is 2.67. The highest BCUT2D eigenvalue weighted by atomic mass is 16.5. The maximum Gasteiger partial charge on any atom is 0.302 e. The van der Waals surface area contributed by atoms with Crippen LogP contribution < -0.4 is 0 Å². The molecular weight excluding hydrogens is 392 g/mol. The molecule has 32 heavy (non-hydrogen) atoms. The zero-order valence-corrected chi connectivity index (χ0v) is 21.8. The fourth-order valence-electron chi connectivity index (χ4n) is 8.57. The molecule has 3 saturated carbocycles. The lowest BCUT2D eigenvalue weighted by molar-refractivity contribution is -0.148. The molecule has 4 rings (SSSR count). The van der Waals surface area contributed by atoms with E-state index in [1.165, 1.54) is 38.5 Å². The molecule has 4 aliphatic rings. The topological polar surface area (TPSA) is 26.3 Å². The first kappa shape index (κ1) is 24.1. The van der Waals surface area contributed by atoms with Crippen molar-refractivity contribution in [2.75, 3.05) is 0 Å². The number of hydrogen-bond donors (Lipinski definition) is 0. The van der Waals surface area contributed by atoms with Crippen LogP contribution in [0, 0.1) is 52.3 Å². The summed E-state index contributed by atoms with van der Waals surface area (Å²) >= 11 is 0. The molecule has 0 bridgehead atoms. The van der Waals surface area contributed by atoms with Crippen molar-refractivity contribution in [3.63, 3.8) is 0 Å². The van der Waals surface area contributed by atoms with Crippen molar-refractivity contribution in [3.8, 4) is 0 Å². The Balaban J connectivity index is 1.50. The predicted octanol–water partition coefficient (Wildman–Crippen LogP) is 7.98. The Hall–Kier alpha value is -1.05. The van der Waals surface area contributed by atoms with Gasteiger partial charge in [-0.1, -0.05) is 65.3 Å². The molecule has 0 amide bonds. The molecule has 0 aromatic heterocycles. The monoisotopic (exact) mass is 440 g/mol. The number of allylic oxidation sites excluding steroid dienone is 3. The Kier molecular flexibility index (Phi) is 6.74. The van der Waals surface area contributed by atoms with Crippen LogP contribution in [0.2, 0.25) is 0 Å². The van der Waals surface area contributed by atoms with Crippen LogP contribution in [0.4, 0.5) is 0 Å². The van der Waals surface area contributed by atoms with E-state index in [-0.39, 0.29) is 12.1 Å². The Labute approximate surface area is 197 Å². The highest BCUT2D eigenvalue weighted by molar-refractivity contribution is 5.66. The predicted molar refractivity (Wildman–Crippen MR) is 133 cm³/mol. The van der Waals surface area contributed by atoms with Crippen LogP contribution in [0.3, 0.4) is 0 Å². The van der Waals surface area contributed by atoms with Crippen molar-refractivity contribution in [1.82, 2.24) is 0 Å². The van der Waals surface area contributed by atoms with Gasteiger partial charge in [0.1, 0.15) is 6.10 Å². The zero-order chi connectivity index (χ0) is 23.3. The number of rotatable bonds is 5. The summed E-state index contributed by atoms with van der Waals surface area (Å²) in [6.45, 7) is 16.3. The zero-order valence-electron chi connectivity index (χ0n) is 21.8. The first-order chi connectivity index (χ1) is 15.1. The summed E-state index contributed by atoms with van der Waals surface area (Å²) in [4.78, 5) is 11.5. The summed E-state index contributed by atoms with van der Waals surface area (Å²) in [7, 11) is 0. The molecule has 4 aliphatic carbocycles.